The molecule has 0 aliphatic carbocycles. The number of nitrogens with two attached hydrogens (primary N) is 1. The second-order valence-corrected chi connectivity index (χ2v) is 7.76. The van der Waals surface area contributed by atoms with Gasteiger partial charge in [-0.25, -0.2) is 9.50 Å². The van der Waals surface area contributed by atoms with Crippen molar-refractivity contribution in [2.24, 2.45) is 5.73 Å². The molecule has 9 nitrogen and oxygen atoms in total. The number of imidazole rings is 1. The van der Waals surface area contributed by atoms with Crippen LogP contribution in [0.3, 0.4) is 0 Å². The maximum Gasteiger partial charge on any atom is 0.263 e. The van der Waals surface area contributed by atoms with Crippen molar-refractivity contribution < 1.29 is 9.21 Å². The number of fused-ring (bicyclic) bond motifs is 2. The average molecular weight is 447 g/mol. The molecule has 1 fully saturated rings. The molecule has 0 bridgehead atoms. The van der Waals surface area contributed by atoms with E-state index < -0.39 is 0 Å². The first kappa shape index (κ1) is 22.1. The summed E-state index contributed by atoms with van der Waals surface area (Å²) in [7, 11) is 0. The zero-order chi connectivity index (χ0) is 23.4. The summed E-state index contributed by atoms with van der Waals surface area (Å²) < 4.78 is 7.40. The Bertz CT molecular complexity index is 1350. The van der Waals surface area contributed by atoms with Gasteiger partial charge in [0.2, 0.25) is 0 Å². The summed E-state index contributed by atoms with van der Waals surface area (Å²) in [6, 6.07) is 13.2. The lowest BCUT2D eigenvalue weighted by Crippen LogP contribution is -2.36. The van der Waals surface area contributed by atoms with E-state index in [1.54, 1.807) is 16.8 Å². The second-order valence-electron chi connectivity index (χ2n) is 7.76. The molecule has 5 rings (SSSR count). The lowest BCUT2D eigenvalue weighted by atomic mass is 10.1. The fraction of sp³-hybridized carbons (Fsp3) is 0.250. The zero-order valence-corrected chi connectivity index (χ0v) is 18.3. The molecule has 1 saturated heterocycles. The number of furan rings is 1. The maximum absolute atomic E-state index is 11.8. The highest BCUT2D eigenvalue weighted by Crippen LogP contribution is 2.27. The number of aromatic nitrogens is 3. The van der Waals surface area contributed by atoms with Gasteiger partial charge in [0.25, 0.3) is 11.5 Å². The van der Waals surface area contributed by atoms with Crippen LogP contribution in [0.4, 0.5) is 0 Å². The van der Waals surface area contributed by atoms with Crippen LogP contribution in [0.25, 0.3) is 28.1 Å². The summed E-state index contributed by atoms with van der Waals surface area (Å²) >= 11 is 0. The predicted molar refractivity (Wildman–Crippen MR) is 127 cm³/mol. The predicted octanol–water partition coefficient (Wildman–Crippen LogP) is 3.32. The van der Waals surface area contributed by atoms with Crippen LogP contribution >= 0.6 is 0 Å². The Hall–Kier alpha value is -4.14. The van der Waals surface area contributed by atoms with E-state index in [1.165, 1.54) is 12.3 Å². The Labute approximate surface area is 190 Å². The maximum atomic E-state index is 11.8. The minimum Gasteiger partial charge on any atom is -0.454 e. The van der Waals surface area contributed by atoms with Crippen molar-refractivity contribution in [3.05, 3.63) is 70.8 Å². The third kappa shape index (κ3) is 4.43. The summed E-state index contributed by atoms with van der Waals surface area (Å²) in [5.41, 5.74) is 7.60. The monoisotopic (exact) mass is 446 g/mol. The smallest absolute Gasteiger partial charge is 0.263 e. The third-order valence-corrected chi connectivity index (χ3v) is 5.76. The van der Waals surface area contributed by atoms with Gasteiger partial charge < -0.3 is 20.5 Å². The van der Waals surface area contributed by atoms with Crippen molar-refractivity contribution in [1.82, 2.24) is 19.5 Å². The van der Waals surface area contributed by atoms with Crippen LogP contribution in [-0.4, -0.2) is 44.2 Å². The first-order valence-electron chi connectivity index (χ1n) is 10.8. The van der Waals surface area contributed by atoms with Crippen LogP contribution < -0.4 is 11.3 Å². The van der Waals surface area contributed by atoms with Crippen LogP contribution in [0.2, 0.25) is 0 Å². The molecule has 1 aliphatic rings. The molecule has 4 heterocycles. The number of nitrogens with zero attached hydrogens (tertiary/aromatic N) is 3. The number of hydrogen-bond acceptors (Lipinski definition) is 6. The number of aromatic amines is 1. The van der Waals surface area contributed by atoms with Crippen LogP contribution in [0.1, 0.15) is 26.2 Å². The highest BCUT2D eigenvalue weighted by Gasteiger charge is 2.28. The lowest BCUT2D eigenvalue weighted by Gasteiger charge is -2.23. The number of carbonyl (C=O) groups is 1. The fourth-order valence-electron chi connectivity index (χ4n) is 4.06. The Kier molecular flexibility index (Phi) is 6.39. The molecule has 33 heavy (non-hydrogen) atoms. The molecular formula is C24H26N6O3. The topological polar surface area (TPSA) is 133 Å². The van der Waals surface area contributed by atoms with Gasteiger partial charge in [-0.15, -0.1) is 0 Å². The normalized spacial score (nSPS) is 16.1. The molecule has 0 spiro atoms. The third-order valence-electron chi connectivity index (χ3n) is 5.76. The van der Waals surface area contributed by atoms with Gasteiger partial charge in [0.1, 0.15) is 11.3 Å². The lowest BCUT2D eigenvalue weighted by molar-refractivity contribution is -0.127. The zero-order valence-electron chi connectivity index (χ0n) is 18.3. The Morgan fingerprint density at radius 3 is 2.88 bits per heavy atom. The van der Waals surface area contributed by atoms with Crippen LogP contribution in [0.15, 0.2) is 69.6 Å². The number of hydrogen-bond donors (Lipinski definition) is 3. The van der Waals surface area contributed by atoms with E-state index in [2.05, 4.69) is 17.0 Å². The first-order valence-corrected chi connectivity index (χ1v) is 10.8. The summed E-state index contributed by atoms with van der Waals surface area (Å²) in [5, 5.41) is 10.8. The van der Waals surface area contributed by atoms with Gasteiger partial charge in [-0.05, 0) is 37.5 Å². The van der Waals surface area contributed by atoms with E-state index in [0.29, 0.717) is 17.4 Å². The van der Waals surface area contributed by atoms with E-state index in [4.69, 9.17) is 15.6 Å². The molecule has 4 N–H and O–H groups in total. The van der Waals surface area contributed by atoms with Crippen LogP contribution in [0, 0.1) is 5.41 Å². The van der Waals surface area contributed by atoms with Crippen LogP contribution in [0.5, 0.6) is 0 Å². The molecular weight excluding hydrogens is 420 g/mol. The molecule has 1 atom stereocenters. The van der Waals surface area contributed by atoms with Crippen molar-refractivity contribution in [1.29, 1.82) is 5.41 Å². The summed E-state index contributed by atoms with van der Waals surface area (Å²) in [6.07, 6.45) is 7.01. The molecule has 170 valence electrons. The molecule has 4 aromatic rings. The van der Waals surface area contributed by atoms with Crippen molar-refractivity contribution in [2.45, 2.75) is 32.2 Å². The summed E-state index contributed by atoms with van der Waals surface area (Å²) in [4.78, 5) is 29.3. The Morgan fingerprint density at radius 1 is 1.33 bits per heavy atom. The molecule has 0 unspecified atom stereocenters. The SMILES string of the molecule is CC[C@@H]1CCCN1C(=O)/C(C=N)=C/N.O=c1ccc2ncc(-c3cc4ccccc4o3)n2[nH]1. The quantitative estimate of drug-likeness (QED) is 0.327. The number of likely N-dealkylation sites (tertiary alicyclic amines) is 1. The van der Waals surface area contributed by atoms with Crippen LogP contribution in [-0.2, 0) is 4.79 Å². The highest BCUT2D eigenvalue weighted by molar-refractivity contribution is 6.11. The number of rotatable bonds is 4. The minimum atomic E-state index is -0.178. The van der Waals surface area contributed by atoms with E-state index in [1.807, 2.05) is 35.2 Å². The number of nitrogens with one attached hydrogen (secondary N) is 2. The molecule has 0 saturated carbocycles. The van der Waals surface area contributed by atoms with E-state index in [0.717, 1.165) is 48.7 Å². The van der Waals surface area contributed by atoms with Crippen molar-refractivity contribution in [3.8, 4) is 11.5 Å². The molecule has 1 aromatic carbocycles. The average Bonchev–Trinajstić information content (AvgIpc) is 3.57. The fourth-order valence-corrected chi connectivity index (χ4v) is 4.06. The minimum absolute atomic E-state index is 0.105. The molecule has 1 aliphatic heterocycles. The molecule has 9 heteroatoms. The first-order chi connectivity index (χ1) is 16.0. The van der Waals surface area contributed by atoms with E-state index in [-0.39, 0.29) is 17.0 Å². The van der Waals surface area contributed by atoms with Gasteiger partial charge in [0.15, 0.2) is 11.4 Å². The molecule has 1 amide bonds. The van der Waals surface area contributed by atoms with Gasteiger partial charge in [0.05, 0.1) is 11.8 Å². The largest absolute Gasteiger partial charge is 0.454 e. The van der Waals surface area contributed by atoms with E-state index in [9.17, 15) is 9.59 Å². The Morgan fingerprint density at radius 2 is 2.15 bits per heavy atom. The van der Waals surface area contributed by atoms with Crippen molar-refractivity contribution in [3.63, 3.8) is 0 Å². The molecule has 3 aromatic heterocycles. The number of para-hydroxylation sites is 1. The van der Waals surface area contributed by atoms with Crippen molar-refractivity contribution >= 4 is 28.7 Å². The van der Waals surface area contributed by atoms with Gasteiger partial charge in [-0.3, -0.25) is 14.7 Å². The summed E-state index contributed by atoms with van der Waals surface area (Å²) in [6.45, 7) is 2.87. The highest BCUT2D eigenvalue weighted by atomic mass is 16.3. The number of benzene rings is 1. The number of carbonyl (C=O) groups excluding carboxylic acids is 1. The van der Waals surface area contributed by atoms with Gasteiger partial charge in [-0.2, -0.15) is 0 Å². The van der Waals surface area contributed by atoms with E-state index >= 15 is 0 Å². The van der Waals surface area contributed by atoms with Gasteiger partial charge in [-0.1, -0.05) is 25.1 Å². The summed E-state index contributed by atoms with van der Waals surface area (Å²) in [5.74, 6) is 0.572. The number of amides is 1. The Balaban J connectivity index is 0.000000166. The standard InChI is InChI=1S/C14H9N3O2.C10H17N3O/c18-14-6-5-13-15-8-10(17(13)16-14)12-7-9-3-1-2-4-11(9)19-12;1-2-9-4-3-5-13(9)10(14)8(6-11)7-12/h1-8H,(H,16,18);6-7,9,11H,2-5,12H2,1H3/b;8-7+,11-6?/t;9-/m.1/s1. The van der Waals surface area contributed by atoms with Gasteiger partial charge >= 0.3 is 0 Å². The van der Waals surface area contributed by atoms with Crippen molar-refractivity contribution in [2.75, 3.05) is 6.54 Å². The van der Waals surface area contributed by atoms with Gasteiger partial charge in [0, 0.05) is 36.5 Å². The second kappa shape index (κ2) is 9.56. The molecule has 0 radical (unpaired) electrons. The number of H-pyrrole nitrogens is 1.